The monoisotopic (exact) mass is 296 g/mol. The van der Waals surface area contributed by atoms with Gasteiger partial charge in [-0.15, -0.1) is 0 Å². The Bertz CT molecular complexity index is 699. The molecule has 1 heterocycles. The number of rotatable bonds is 4. The van der Waals surface area contributed by atoms with E-state index in [-0.39, 0.29) is 5.97 Å². The lowest BCUT2D eigenvalue weighted by Crippen LogP contribution is -2.09. The number of hydrogen-bond acceptors (Lipinski definition) is 4. The van der Waals surface area contributed by atoms with Gasteiger partial charge in [0.05, 0.1) is 20.5 Å². The Morgan fingerprint density at radius 2 is 1.41 bits per heavy atom. The van der Waals surface area contributed by atoms with Gasteiger partial charge in [0.25, 0.3) is 0 Å². The average molecular weight is 296 g/mol. The fourth-order valence-corrected chi connectivity index (χ4v) is 2.51. The van der Waals surface area contributed by atoms with Crippen molar-refractivity contribution in [2.24, 2.45) is 0 Å². The van der Waals surface area contributed by atoms with E-state index in [1.165, 1.54) is 6.26 Å². The summed E-state index contributed by atoms with van der Waals surface area (Å²) in [7, 11) is 3.23. The lowest BCUT2D eigenvalue weighted by Gasteiger charge is -2.13. The highest BCUT2D eigenvalue weighted by atomic mass is 16.5. The molecule has 0 aliphatic carbocycles. The normalized spacial score (nSPS) is 16.9. The van der Waals surface area contributed by atoms with Crippen LogP contribution in [0, 0.1) is 0 Å². The van der Waals surface area contributed by atoms with E-state index in [0.29, 0.717) is 0 Å². The molecule has 0 saturated heterocycles. The van der Waals surface area contributed by atoms with Gasteiger partial charge >= 0.3 is 5.97 Å². The zero-order valence-electron chi connectivity index (χ0n) is 12.4. The molecule has 1 aliphatic rings. The molecule has 0 spiro atoms. The van der Waals surface area contributed by atoms with Crippen molar-refractivity contribution in [2.45, 2.75) is 5.92 Å². The minimum Gasteiger partial charge on any atom is -0.497 e. The Balaban J connectivity index is 1.93. The average Bonchev–Trinajstić information content (AvgIpc) is 2.96. The van der Waals surface area contributed by atoms with E-state index in [1.807, 2.05) is 48.5 Å². The van der Waals surface area contributed by atoms with Crippen LogP contribution < -0.4 is 9.47 Å². The van der Waals surface area contributed by atoms with Gasteiger partial charge < -0.3 is 14.2 Å². The largest absolute Gasteiger partial charge is 0.497 e. The smallest absolute Gasteiger partial charge is 0.322 e. The highest BCUT2D eigenvalue weighted by molar-refractivity contribution is 5.98. The molecular formula is C18H16O4. The molecular weight excluding hydrogens is 280 g/mol. The predicted molar refractivity (Wildman–Crippen MR) is 82.8 cm³/mol. The zero-order valence-corrected chi connectivity index (χ0v) is 12.4. The second-order valence-electron chi connectivity index (χ2n) is 4.94. The summed E-state index contributed by atoms with van der Waals surface area (Å²) in [5.74, 6) is 0.843. The summed E-state index contributed by atoms with van der Waals surface area (Å²) < 4.78 is 15.4. The molecule has 0 aromatic heterocycles. The van der Waals surface area contributed by atoms with Crippen LogP contribution >= 0.6 is 0 Å². The van der Waals surface area contributed by atoms with Gasteiger partial charge in [-0.1, -0.05) is 24.3 Å². The number of ether oxygens (including phenoxy) is 3. The zero-order chi connectivity index (χ0) is 15.5. The van der Waals surface area contributed by atoms with Crippen LogP contribution in [0.1, 0.15) is 17.0 Å². The first-order valence-corrected chi connectivity index (χ1v) is 6.92. The first-order valence-electron chi connectivity index (χ1n) is 6.92. The maximum atomic E-state index is 12.1. The maximum absolute atomic E-state index is 12.1. The quantitative estimate of drug-likeness (QED) is 0.811. The maximum Gasteiger partial charge on any atom is 0.322 e. The first-order chi connectivity index (χ1) is 10.7. The van der Waals surface area contributed by atoms with E-state index in [2.05, 4.69) is 0 Å². The molecule has 0 N–H and O–H groups in total. The van der Waals surface area contributed by atoms with Crippen molar-refractivity contribution in [1.82, 2.24) is 0 Å². The van der Waals surface area contributed by atoms with Crippen molar-refractivity contribution in [3.05, 3.63) is 65.9 Å². The van der Waals surface area contributed by atoms with Crippen LogP contribution in [0.25, 0.3) is 5.57 Å². The Hall–Kier alpha value is -2.75. The molecule has 0 radical (unpaired) electrons. The van der Waals surface area contributed by atoms with Crippen molar-refractivity contribution >= 4 is 11.5 Å². The molecule has 0 bridgehead atoms. The molecule has 1 atom stereocenters. The lowest BCUT2D eigenvalue weighted by atomic mass is 9.88. The second-order valence-corrected chi connectivity index (χ2v) is 4.94. The Morgan fingerprint density at radius 3 is 1.95 bits per heavy atom. The summed E-state index contributed by atoms with van der Waals surface area (Å²) in [4.78, 5) is 12.1. The summed E-state index contributed by atoms with van der Waals surface area (Å²) in [6, 6.07) is 15.0. The number of hydrogen-bond donors (Lipinski definition) is 0. The van der Waals surface area contributed by atoms with Crippen molar-refractivity contribution in [3.63, 3.8) is 0 Å². The molecule has 22 heavy (non-hydrogen) atoms. The third kappa shape index (κ3) is 2.55. The Kier molecular flexibility index (Phi) is 3.83. The summed E-state index contributed by atoms with van der Waals surface area (Å²) in [5.41, 5.74) is 2.66. The molecule has 0 fully saturated rings. The van der Waals surface area contributed by atoms with Gasteiger partial charge in [0.1, 0.15) is 17.4 Å². The molecule has 4 nitrogen and oxygen atoms in total. The fourth-order valence-electron chi connectivity index (χ4n) is 2.51. The third-order valence-electron chi connectivity index (χ3n) is 3.72. The van der Waals surface area contributed by atoms with Crippen LogP contribution in [0.4, 0.5) is 0 Å². The van der Waals surface area contributed by atoms with Crippen molar-refractivity contribution in [2.75, 3.05) is 14.2 Å². The first kappa shape index (κ1) is 14.2. The molecule has 2 aromatic rings. The molecule has 112 valence electrons. The highest BCUT2D eigenvalue weighted by Gasteiger charge is 2.32. The van der Waals surface area contributed by atoms with Crippen LogP contribution in [0.15, 0.2) is 54.8 Å². The van der Waals surface area contributed by atoms with Crippen molar-refractivity contribution in [3.8, 4) is 11.5 Å². The van der Waals surface area contributed by atoms with Gasteiger partial charge in [-0.2, -0.15) is 0 Å². The molecule has 0 saturated carbocycles. The molecule has 4 heteroatoms. The van der Waals surface area contributed by atoms with Crippen LogP contribution in [0.5, 0.6) is 11.5 Å². The minimum absolute atomic E-state index is 0.268. The van der Waals surface area contributed by atoms with E-state index in [9.17, 15) is 4.79 Å². The molecule has 3 rings (SSSR count). The summed E-state index contributed by atoms with van der Waals surface area (Å²) >= 11 is 0. The van der Waals surface area contributed by atoms with Crippen molar-refractivity contribution < 1.29 is 19.0 Å². The van der Waals surface area contributed by atoms with Gasteiger partial charge in [-0.3, -0.25) is 4.79 Å². The van der Waals surface area contributed by atoms with E-state index < -0.39 is 5.92 Å². The van der Waals surface area contributed by atoms with Crippen LogP contribution in [0.3, 0.4) is 0 Å². The topological polar surface area (TPSA) is 44.8 Å². The SMILES string of the molecule is COc1ccc(C2=COC(=O)C2c2ccc(OC)cc2)cc1. The number of methoxy groups -OCH3 is 2. The summed E-state index contributed by atoms with van der Waals surface area (Å²) in [6.07, 6.45) is 1.53. The molecule has 2 aromatic carbocycles. The van der Waals surface area contributed by atoms with E-state index in [0.717, 1.165) is 28.2 Å². The number of carbonyl (C=O) groups is 1. The number of esters is 1. The van der Waals surface area contributed by atoms with E-state index in [4.69, 9.17) is 14.2 Å². The highest BCUT2D eigenvalue weighted by Crippen LogP contribution is 2.38. The van der Waals surface area contributed by atoms with Crippen LogP contribution in [-0.2, 0) is 9.53 Å². The van der Waals surface area contributed by atoms with E-state index >= 15 is 0 Å². The molecule has 0 amide bonds. The second kappa shape index (κ2) is 5.93. The Labute approximate surface area is 128 Å². The summed E-state index contributed by atoms with van der Waals surface area (Å²) in [5, 5.41) is 0. The minimum atomic E-state index is -0.417. The van der Waals surface area contributed by atoms with Gasteiger partial charge in [0.2, 0.25) is 0 Å². The molecule has 1 aliphatic heterocycles. The number of benzene rings is 2. The van der Waals surface area contributed by atoms with Gasteiger partial charge in [0, 0.05) is 5.57 Å². The summed E-state index contributed by atoms with van der Waals surface area (Å²) in [6.45, 7) is 0. The predicted octanol–water partition coefficient (Wildman–Crippen LogP) is 3.39. The standard InChI is InChI=1S/C18H16O4/c1-20-14-7-3-12(4-8-14)16-11-22-18(19)17(16)13-5-9-15(21-2)10-6-13/h3-11,17H,1-2H3. The van der Waals surface area contributed by atoms with Gasteiger partial charge in [-0.05, 0) is 35.4 Å². The number of carbonyl (C=O) groups excluding carboxylic acids is 1. The van der Waals surface area contributed by atoms with E-state index in [1.54, 1.807) is 14.2 Å². The fraction of sp³-hybridized carbons (Fsp3) is 0.167. The van der Waals surface area contributed by atoms with Gasteiger partial charge in [-0.25, -0.2) is 0 Å². The van der Waals surface area contributed by atoms with Crippen LogP contribution in [0.2, 0.25) is 0 Å². The number of cyclic esters (lactones) is 1. The molecule has 1 unspecified atom stereocenters. The third-order valence-corrected chi connectivity index (χ3v) is 3.72. The Morgan fingerprint density at radius 1 is 0.864 bits per heavy atom. The van der Waals surface area contributed by atoms with Gasteiger partial charge in [0.15, 0.2) is 0 Å². The van der Waals surface area contributed by atoms with Crippen LogP contribution in [-0.4, -0.2) is 20.2 Å². The van der Waals surface area contributed by atoms with Crippen molar-refractivity contribution in [1.29, 1.82) is 0 Å². The lowest BCUT2D eigenvalue weighted by molar-refractivity contribution is -0.136.